The Bertz CT molecular complexity index is 426. The van der Waals surface area contributed by atoms with Crippen LogP contribution in [0.25, 0.3) is 0 Å². The van der Waals surface area contributed by atoms with Crippen molar-refractivity contribution in [2.75, 3.05) is 11.9 Å². The highest BCUT2D eigenvalue weighted by Crippen LogP contribution is 2.31. The van der Waals surface area contributed by atoms with Crippen molar-refractivity contribution in [2.24, 2.45) is 0 Å². The molecule has 1 fully saturated rings. The summed E-state index contributed by atoms with van der Waals surface area (Å²) in [5.74, 6) is -0.271. The van der Waals surface area contributed by atoms with Gasteiger partial charge in [-0.2, -0.15) is 0 Å². The van der Waals surface area contributed by atoms with Gasteiger partial charge in [0.15, 0.2) is 0 Å². The lowest BCUT2D eigenvalue weighted by molar-refractivity contribution is -0.0708. The second-order valence-electron chi connectivity index (χ2n) is 5.11. The van der Waals surface area contributed by atoms with Gasteiger partial charge in [-0.25, -0.2) is 4.39 Å². The Hall–Kier alpha value is -0.800. The smallest absolute Gasteiger partial charge is 0.125 e. The second-order valence-corrected chi connectivity index (χ2v) is 5.52. The van der Waals surface area contributed by atoms with Crippen LogP contribution in [-0.4, -0.2) is 18.2 Å². The maximum Gasteiger partial charge on any atom is 0.125 e. The van der Waals surface area contributed by atoms with Gasteiger partial charge >= 0.3 is 0 Å². The van der Waals surface area contributed by atoms with Crippen molar-refractivity contribution in [3.8, 4) is 0 Å². The van der Waals surface area contributed by atoms with Gasteiger partial charge in [0, 0.05) is 12.6 Å². The Labute approximate surface area is 112 Å². The van der Waals surface area contributed by atoms with E-state index in [1.54, 1.807) is 6.07 Å². The quantitative estimate of drug-likeness (QED) is 0.888. The SMILES string of the molecule is CCC1(C)CC(Nc2cc(F)ccc2Cl)CCO1. The Morgan fingerprint density at radius 3 is 3.06 bits per heavy atom. The molecule has 2 rings (SSSR count). The zero-order valence-corrected chi connectivity index (χ0v) is 11.6. The minimum Gasteiger partial charge on any atom is -0.381 e. The van der Waals surface area contributed by atoms with Crippen molar-refractivity contribution in [3.05, 3.63) is 29.0 Å². The lowest BCUT2D eigenvalue weighted by Gasteiger charge is -2.38. The minimum atomic E-state index is -0.271. The second kappa shape index (κ2) is 5.45. The van der Waals surface area contributed by atoms with Crippen LogP contribution in [0.3, 0.4) is 0 Å². The summed E-state index contributed by atoms with van der Waals surface area (Å²) >= 11 is 6.06. The molecule has 0 saturated carbocycles. The van der Waals surface area contributed by atoms with E-state index in [0.29, 0.717) is 10.7 Å². The molecule has 0 bridgehead atoms. The Balaban J connectivity index is 2.07. The molecular weight excluding hydrogens is 253 g/mol. The van der Waals surface area contributed by atoms with Crippen LogP contribution < -0.4 is 5.32 Å². The van der Waals surface area contributed by atoms with Gasteiger partial charge in [-0.15, -0.1) is 0 Å². The summed E-state index contributed by atoms with van der Waals surface area (Å²) in [6.07, 6.45) is 2.81. The monoisotopic (exact) mass is 271 g/mol. The van der Waals surface area contributed by atoms with Crippen molar-refractivity contribution in [1.29, 1.82) is 0 Å². The first kappa shape index (κ1) is 13.6. The zero-order chi connectivity index (χ0) is 13.2. The molecule has 0 aromatic heterocycles. The molecule has 1 N–H and O–H groups in total. The van der Waals surface area contributed by atoms with E-state index in [9.17, 15) is 4.39 Å². The van der Waals surface area contributed by atoms with Crippen molar-refractivity contribution >= 4 is 17.3 Å². The van der Waals surface area contributed by atoms with Crippen LogP contribution in [0.5, 0.6) is 0 Å². The molecule has 1 aromatic carbocycles. The van der Waals surface area contributed by atoms with Gasteiger partial charge in [0.1, 0.15) is 5.82 Å². The normalized spacial score (nSPS) is 28.1. The summed E-state index contributed by atoms with van der Waals surface area (Å²) in [5.41, 5.74) is 0.581. The van der Waals surface area contributed by atoms with Crippen LogP contribution >= 0.6 is 11.6 Å². The van der Waals surface area contributed by atoms with Gasteiger partial charge in [-0.05, 0) is 44.4 Å². The van der Waals surface area contributed by atoms with Crippen LogP contribution in [0.15, 0.2) is 18.2 Å². The van der Waals surface area contributed by atoms with Crippen molar-refractivity contribution in [1.82, 2.24) is 0 Å². The largest absolute Gasteiger partial charge is 0.381 e. The third-order valence-corrected chi connectivity index (χ3v) is 3.96. The summed E-state index contributed by atoms with van der Waals surface area (Å²) in [7, 11) is 0. The van der Waals surface area contributed by atoms with E-state index in [0.717, 1.165) is 25.9 Å². The molecular formula is C14H19ClFNO. The molecule has 2 atom stereocenters. The Morgan fingerprint density at radius 2 is 2.33 bits per heavy atom. The fourth-order valence-corrected chi connectivity index (χ4v) is 2.50. The van der Waals surface area contributed by atoms with Crippen LogP contribution in [0.1, 0.15) is 33.1 Å². The van der Waals surface area contributed by atoms with E-state index in [-0.39, 0.29) is 17.5 Å². The summed E-state index contributed by atoms with van der Waals surface area (Å²) in [4.78, 5) is 0. The maximum absolute atomic E-state index is 13.2. The maximum atomic E-state index is 13.2. The molecule has 2 unspecified atom stereocenters. The van der Waals surface area contributed by atoms with Crippen LogP contribution in [0.4, 0.5) is 10.1 Å². The van der Waals surface area contributed by atoms with E-state index in [2.05, 4.69) is 19.2 Å². The highest BCUT2D eigenvalue weighted by Gasteiger charge is 2.31. The number of nitrogens with one attached hydrogen (secondary N) is 1. The first-order chi connectivity index (χ1) is 8.52. The first-order valence-corrected chi connectivity index (χ1v) is 6.76. The molecule has 18 heavy (non-hydrogen) atoms. The number of hydrogen-bond donors (Lipinski definition) is 1. The number of anilines is 1. The molecule has 1 aliphatic rings. The topological polar surface area (TPSA) is 21.3 Å². The highest BCUT2D eigenvalue weighted by atomic mass is 35.5. The van der Waals surface area contributed by atoms with Crippen LogP contribution in [0.2, 0.25) is 5.02 Å². The van der Waals surface area contributed by atoms with Gasteiger partial charge in [-0.1, -0.05) is 18.5 Å². The molecule has 1 heterocycles. The number of rotatable bonds is 3. The van der Waals surface area contributed by atoms with Crippen molar-refractivity contribution in [3.63, 3.8) is 0 Å². The van der Waals surface area contributed by atoms with Crippen molar-refractivity contribution in [2.45, 2.75) is 44.8 Å². The number of ether oxygens (including phenoxy) is 1. The molecule has 2 nitrogen and oxygen atoms in total. The van der Waals surface area contributed by atoms with E-state index in [1.165, 1.54) is 12.1 Å². The average Bonchev–Trinajstić information content (AvgIpc) is 2.34. The molecule has 0 aliphatic carbocycles. The summed E-state index contributed by atoms with van der Waals surface area (Å²) < 4.78 is 19.0. The van der Waals surface area contributed by atoms with Gasteiger partial charge in [-0.3, -0.25) is 0 Å². The molecule has 1 aliphatic heterocycles. The highest BCUT2D eigenvalue weighted by molar-refractivity contribution is 6.33. The van der Waals surface area contributed by atoms with Crippen molar-refractivity contribution < 1.29 is 9.13 Å². The molecule has 1 saturated heterocycles. The Morgan fingerprint density at radius 1 is 1.56 bits per heavy atom. The number of hydrogen-bond acceptors (Lipinski definition) is 2. The van der Waals surface area contributed by atoms with Gasteiger partial charge < -0.3 is 10.1 Å². The van der Waals surface area contributed by atoms with Gasteiger partial charge in [0.05, 0.1) is 16.3 Å². The van der Waals surface area contributed by atoms with E-state index in [4.69, 9.17) is 16.3 Å². The third-order valence-electron chi connectivity index (χ3n) is 3.63. The summed E-state index contributed by atoms with van der Waals surface area (Å²) in [6.45, 7) is 4.97. The standard InChI is InChI=1S/C14H19ClFNO/c1-3-14(2)9-11(6-7-18-14)17-13-8-10(16)4-5-12(13)15/h4-5,8,11,17H,3,6-7,9H2,1-2H3. The third kappa shape index (κ3) is 3.15. The van der Waals surface area contributed by atoms with E-state index in [1.807, 2.05) is 0 Å². The van der Waals surface area contributed by atoms with Gasteiger partial charge in [0.25, 0.3) is 0 Å². The summed E-state index contributed by atoms with van der Waals surface area (Å²) in [5, 5.41) is 3.88. The predicted octanol–water partition coefficient (Wildman–Crippen LogP) is 4.24. The fraction of sp³-hybridized carbons (Fsp3) is 0.571. The van der Waals surface area contributed by atoms with E-state index >= 15 is 0 Å². The molecule has 100 valence electrons. The first-order valence-electron chi connectivity index (χ1n) is 6.38. The minimum absolute atomic E-state index is 0.0876. The molecule has 4 heteroatoms. The molecule has 0 amide bonds. The Kier molecular flexibility index (Phi) is 4.13. The lowest BCUT2D eigenvalue weighted by atomic mass is 9.90. The number of halogens is 2. The molecule has 0 radical (unpaired) electrons. The number of benzene rings is 1. The fourth-order valence-electron chi connectivity index (χ4n) is 2.33. The van der Waals surface area contributed by atoms with Gasteiger partial charge in [0.2, 0.25) is 0 Å². The van der Waals surface area contributed by atoms with Crippen LogP contribution in [-0.2, 0) is 4.74 Å². The average molecular weight is 272 g/mol. The zero-order valence-electron chi connectivity index (χ0n) is 10.8. The molecule has 1 aromatic rings. The van der Waals surface area contributed by atoms with E-state index < -0.39 is 0 Å². The lowest BCUT2D eigenvalue weighted by Crippen LogP contribution is -2.41. The predicted molar refractivity (Wildman–Crippen MR) is 72.7 cm³/mol. The summed E-state index contributed by atoms with van der Waals surface area (Å²) in [6, 6.07) is 4.68. The molecule has 0 spiro atoms. The van der Waals surface area contributed by atoms with Crippen LogP contribution in [0, 0.1) is 5.82 Å².